The quantitative estimate of drug-likeness (QED) is 0.877. The lowest BCUT2D eigenvalue weighted by atomic mass is 10.1. The highest BCUT2D eigenvalue weighted by atomic mass is 16.5. The molecule has 0 radical (unpaired) electrons. The van der Waals surface area contributed by atoms with E-state index in [1.165, 1.54) is 12.8 Å². The Bertz CT molecular complexity index is 587. The first-order valence-electron chi connectivity index (χ1n) is 6.85. The first-order chi connectivity index (χ1) is 9.81. The summed E-state index contributed by atoms with van der Waals surface area (Å²) in [5.41, 5.74) is 0.907. The molecule has 1 aliphatic carbocycles. The van der Waals surface area contributed by atoms with Crippen molar-refractivity contribution in [1.29, 1.82) is 0 Å². The topological polar surface area (TPSA) is 43.6 Å². The van der Waals surface area contributed by atoms with E-state index in [4.69, 9.17) is 13.9 Å². The molecular weight excluding hydrogens is 254 g/mol. The van der Waals surface area contributed by atoms with Crippen molar-refractivity contribution in [3.8, 4) is 22.8 Å². The Morgan fingerprint density at radius 3 is 2.70 bits per heavy atom. The molecule has 0 unspecified atom stereocenters. The van der Waals surface area contributed by atoms with Crippen molar-refractivity contribution < 1.29 is 13.9 Å². The van der Waals surface area contributed by atoms with Crippen LogP contribution in [0.3, 0.4) is 0 Å². The summed E-state index contributed by atoms with van der Waals surface area (Å²) >= 11 is 0. The van der Waals surface area contributed by atoms with Gasteiger partial charge in [0.15, 0.2) is 11.5 Å². The van der Waals surface area contributed by atoms with Gasteiger partial charge in [-0.1, -0.05) is 6.07 Å². The van der Waals surface area contributed by atoms with Crippen LogP contribution >= 0.6 is 0 Å². The molecule has 4 nitrogen and oxygen atoms in total. The molecule has 1 saturated carbocycles. The van der Waals surface area contributed by atoms with Gasteiger partial charge in [0.1, 0.15) is 11.5 Å². The summed E-state index contributed by atoms with van der Waals surface area (Å²) in [7, 11) is 3.27. The summed E-state index contributed by atoms with van der Waals surface area (Å²) in [6, 6.07) is 10.4. The monoisotopic (exact) mass is 273 g/mol. The first kappa shape index (κ1) is 13.1. The average molecular weight is 273 g/mol. The minimum Gasteiger partial charge on any atom is -0.493 e. The van der Waals surface area contributed by atoms with Crippen molar-refractivity contribution in [3.05, 3.63) is 36.1 Å². The summed E-state index contributed by atoms with van der Waals surface area (Å²) < 4.78 is 16.6. The molecule has 20 heavy (non-hydrogen) atoms. The number of benzene rings is 1. The van der Waals surface area contributed by atoms with Crippen LogP contribution < -0.4 is 14.8 Å². The van der Waals surface area contributed by atoms with E-state index in [1.807, 2.05) is 30.3 Å². The van der Waals surface area contributed by atoms with Gasteiger partial charge in [-0.05, 0) is 37.1 Å². The third-order valence-electron chi connectivity index (χ3n) is 3.47. The summed E-state index contributed by atoms with van der Waals surface area (Å²) in [6.45, 7) is 0.775. The van der Waals surface area contributed by atoms with E-state index in [2.05, 4.69) is 5.32 Å². The first-order valence-corrected chi connectivity index (χ1v) is 6.85. The van der Waals surface area contributed by atoms with Crippen LogP contribution in [0.1, 0.15) is 18.6 Å². The molecule has 3 rings (SSSR count). The Morgan fingerprint density at radius 1 is 1.15 bits per heavy atom. The number of nitrogens with one attached hydrogen (secondary N) is 1. The van der Waals surface area contributed by atoms with Gasteiger partial charge in [0.2, 0.25) is 0 Å². The van der Waals surface area contributed by atoms with Gasteiger partial charge in [0.25, 0.3) is 0 Å². The van der Waals surface area contributed by atoms with E-state index in [1.54, 1.807) is 14.2 Å². The van der Waals surface area contributed by atoms with Crippen LogP contribution in [0, 0.1) is 0 Å². The zero-order valence-corrected chi connectivity index (χ0v) is 11.8. The largest absolute Gasteiger partial charge is 0.493 e. The highest BCUT2D eigenvalue weighted by molar-refractivity contribution is 5.70. The average Bonchev–Trinajstić information content (AvgIpc) is 3.21. The van der Waals surface area contributed by atoms with E-state index in [0.717, 1.165) is 23.6 Å². The molecule has 1 N–H and O–H groups in total. The number of methoxy groups -OCH3 is 2. The SMILES string of the molecule is COc1cccc(-c2ccc(CNC3CC3)o2)c1OC. The van der Waals surface area contributed by atoms with Gasteiger partial charge in [-0.15, -0.1) is 0 Å². The second-order valence-electron chi connectivity index (χ2n) is 4.96. The highest BCUT2D eigenvalue weighted by Gasteiger charge is 2.21. The molecule has 1 fully saturated rings. The molecule has 1 heterocycles. The van der Waals surface area contributed by atoms with Gasteiger partial charge >= 0.3 is 0 Å². The minimum atomic E-state index is 0.676. The maximum Gasteiger partial charge on any atom is 0.171 e. The molecule has 0 bridgehead atoms. The highest BCUT2D eigenvalue weighted by Crippen LogP contribution is 2.38. The molecule has 0 atom stereocenters. The normalized spacial score (nSPS) is 14.3. The standard InChI is InChI=1S/C16H19NO3/c1-18-15-5-3-4-13(16(15)19-2)14-9-8-12(20-14)10-17-11-6-7-11/h3-5,8-9,11,17H,6-7,10H2,1-2H3. The molecule has 0 amide bonds. The fraction of sp³-hybridized carbons (Fsp3) is 0.375. The third kappa shape index (κ3) is 2.65. The maximum atomic E-state index is 5.89. The number of hydrogen-bond acceptors (Lipinski definition) is 4. The van der Waals surface area contributed by atoms with Gasteiger partial charge in [-0.25, -0.2) is 0 Å². The molecule has 1 aliphatic rings. The van der Waals surface area contributed by atoms with Crippen LogP contribution in [0.4, 0.5) is 0 Å². The van der Waals surface area contributed by atoms with Crippen molar-refractivity contribution >= 4 is 0 Å². The molecule has 0 saturated heterocycles. The molecule has 4 heteroatoms. The van der Waals surface area contributed by atoms with Crippen molar-refractivity contribution in [2.24, 2.45) is 0 Å². The van der Waals surface area contributed by atoms with Crippen molar-refractivity contribution in [2.75, 3.05) is 14.2 Å². The van der Waals surface area contributed by atoms with Gasteiger partial charge in [-0.3, -0.25) is 0 Å². The van der Waals surface area contributed by atoms with Crippen molar-refractivity contribution in [3.63, 3.8) is 0 Å². The Hall–Kier alpha value is -1.94. The second-order valence-corrected chi connectivity index (χ2v) is 4.96. The number of furan rings is 1. The van der Waals surface area contributed by atoms with Gasteiger partial charge in [-0.2, -0.15) is 0 Å². The van der Waals surface area contributed by atoms with Crippen LogP contribution in [0.25, 0.3) is 11.3 Å². The minimum absolute atomic E-state index is 0.676. The summed E-state index contributed by atoms with van der Waals surface area (Å²) in [5.74, 6) is 3.15. The number of rotatable bonds is 6. The predicted molar refractivity (Wildman–Crippen MR) is 77.1 cm³/mol. The van der Waals surface area contributed by atoms with Crippen LogP contribution in [-0.4, -0.2) is 20.3 Å². The number of hydrogen-bond donors (Lipinski definition) is 1. The second kappa shape index (κ2) is 5.59. The Kier molecular flexibility index (Phi) is 3.65. The number of para-hydroxylation sites is 1. The van der Waals surface area contributed by atoms with E-state index in [9.17, 15) is 0 Å². The van der Waals surface area contributed by atoms with Gasteiger partial charge in [0.05, 0.1) is 26.3 Å². The summed E-state index contributed by atoms with van der Waals surface area (Å²) in [5, 5.41) is 3.44. The van der Waals surface area contributed by atoms with Gasteiger partial charge < -0.3 is 19.2 Å². The van der Waals surface area contributed by atoms with Crippen LogP contribution in [0.15, 0.2) is 34.7 Å². The Morgan fingerprint density at radius 2 is 2.00 bits per heavy atom. The lowest BCUT2D eigenvalue weighted by molar-refractivity contribution is 0.355. The predicted octanol–water partition coefficient (Wildman–Crippen LogP) is 3.22. The van der Waals surface area contributed by atoms with Gasteiger partial charge in [0, 0.05) is 6.04 Å². The molecule has 106 valence electrons. The van der Waals surface area contributed by atoms with E-state index in [0.29, 0.717) is 17.5 Å². The molecular formula is C16H19NO3. The molecule has 1 aromatic carbocycles. The Balaban J connectivity index is 1.84. The van der Waals surface area contributed by atoms with E-state index < -0.39 is 0 Å². The van der Waals surface area contributed by atoms with Crippen molar-refractivity contribution in [2.45, 2.75) is 25.4 Å². The summed E-state index contributed by atoms with van der Waals surface area (Å²) in [6.07, 6.45) is 2.55. The third-order valence-corrected chi connectivity index (χ3v) is 3.47. The Labute approximate surface area is 118 Å². The molecule has 0 aliphatic heterocycles. The zero-order chi connectivity index (χ0) is 13.9. The fourth-order valence-corrected chi connectivity index (χ4v) is 2.23. The maximum absolute atomic E-state index is 5.89. The van der Waals surface area contributed by atoms with Crippen molar-refractivity contribution in [1.82, 2.24) is 5.32 Å². The summed E-state index contributed by atoms with van der Waals surface area (Å²) in [4.78, 5) is 0. The number of ether oxygens (including phenoxy) is 2. The zero-order valence-electron chi connectivity index (χ0n) is 11.8. The molecule has 0 spiro atoms. The molecule has 1 aromatic heterocycles. The fourth-order valence-electron chi connectivity index (χ4n) is 2.23. The van der Waals surface area contributed by atoms with Crippen LogP contribution in [0.2, 0.25) is 0 Å². The van der Waals surface area contributed by atoms with Crippen LogP contribution in [0.5, 0.6) is 11.5 Å². The van der Waals surface area contributed by atoms with Crippen LogP contribution in [-0.2, 0) is 6.54 Å². The molecule has 2 aromatic rings. The lowest BCUT2D eigenvalue weighted by Gasteiger charge is -2.10. The van der Waals surface area contributed by atoms with E-state index >= 15 is 0 Å². The lowest BCUT2D eigenvalue weighted by Crippen LogP contribution is -2.14. The smallest absolute Gasteiger partial charge is 0.171 e. The van der Waals surface area contributed by atoms with E-state index in [-0.39, 0.29) is 0 Å².